The standard InChI is InChI=1S/C25H20Cl2N2O2/c1-2-17-3-8-21(9-4-17)29-25(30)20(15-28)13-18-5-10-22(11-6-18)31-16-19-7-12-23(26)24(27)14-19/h3-14H,2,16H2,1H3,(H,29,30)/b20-13+. The third-order valence-electron chi connectivity index (χ3n) is 4.57. The number of carbonyl (C=O) groups is 1. The smallest absolute Gasteiger partial charge is 0.266 e. The summed E-state index contributed by atoms with van der Waals surface area (Å²) >= 11 is 11.9. The van der Waals surface area contributed by atoms with E-state index in [0.29, 0.717) is 28.1 Å². The van der Waals surface area contributed by atoms with Gasteiger partial charge in [-0.25, -0.2) is 0 Å². The Morgan fingerprint density at radius 1 is 1.00 bits per heavy atom. The molecule has 4 nitrogen and oxygen atoms in total. The van der Waals surface area contributed by atoms with Gasteiger partial charge in [-0.15, -0.1) is 0 Å². The van der Waals surface area contributed by atoms with Crippen molar-refractivity contribution in [2.75, 3.05) is 5.32 Å². The van der Waals surface area contributed by atoms with Gasteiger partial charge in [0.25, 0.3) is 5.91 Å². The van der Waals surface area contributed by atoms with Crippen molar-refractivity contribution in [1.29, 1.82) is 5.26 Å². The van der Waals surface area contributed by atoms with Gasteiger partial charge in [0.15, 0.2) is 0 Å². The molecule has 0 aliphatic carbocycles. The Morgan fingerprint density at radius 2 is 1.68 bits per heavy atom. The van der Waals surface area contributed by atoms with Crippen molar-refractivity contribution in [3.63, 3.8) is 0 Å². The van der Waals surface area contributed by atoms with E-state index in [4.69, 9.17) is 27.9 Å². The second-order valence-corrected chi connectivity index (χ2v) is 7.59. The number of nitrogens with one attached hydrogen (secondary N) is 1. The van der Waals surface area contributed by atoms with Crippen LogP contribution in [0.25, 0.3) is 6.08 Å². The maximum absolute atomic E-state index is 12.4. The summed E-state index contributed by atoms with van der Waals surface area (Å²) < 4.78 is 5.75. The van der Waals surface area contributed by atoms with Crippen molar-refractivity contribution in [2.24, 2.45) is 0 Å². The minimum absolute atomic E-state index is 0.0176. The van der Waals surface area contributed by atoms with Crippen LogP contribution in [0.1, 0.15) is 23.6 Å². The van der Waals surface area contributed by atoms with Crippen LogP contribution in [0.2, 0.25) is 10.0 Å². The number of amides is 1. The molecule has 1 N–H and O–H groups in total. The molecule has 0 bridgehead atoms. The number of hydrogen-bond acceptors (Lipinski definition) is 3. The Hall–Kier alpha value is -3.26. The van der Waals surface area contributed by atoms with E-state index in [0.717, 1.165) is 17.5 Å². The van der Waals surface area contributed by atoms with Gasteiger partial charge in [0.1, 0.15) is 24.0 Å². The number of aryl methyl sites for hydroxylation is 1. The van der Waals surface area contributed by atoms with Gasteiger partial charge in [0.05, 0.1) is 10.0 Å². The molecule has 0 radical (unpaired) electrons. The molecule has 3 aromatic rings. The van der Waals surface area contributed by atoms with E-state index >= 15 is 0 Å². The number of nitriles is 1. The van der Waals surface area contributed by atoms with E-state index in [1.165, 1.54) is 5.56 Å². The van der Waals surface area contributed by atoms with E-state index < -0.39 is 5.91 Å². The monoisotopic (exact) mass is 450 g/mol. The van der Waals surface area contributed by atoms with E-state index in [1.807, 2.05) is 36.4 Å². The lowest BCUT2D eigenvalue weighted by Crippen LogP contribution is -2.13. The summed E-state index contributed by atoms with van der Waals surface area (Å²) in [6.45, 7) is 2.41. The van der Waals surface area contributed by atoms with Crippen molar-refractivity contribution >= 4 is 40.9 Å². The minimum atomic E-state index is -0.452. The fourth-order valence-electron chi connectivity index (χ4n) is 2.79. The normalized spacial score (nSPS) is 11.0. The molecule has 0 heterocycles. The number of ether oxygens (including phenoxy) is 1. The average molecular weight is 451 g/mol. The Kier molecular flexibility index (Phi) is 7.72. The lowest BCUT2D eigenvalue weighted by Gasteiger charge is -2.08. The number of halogens is 2. The van der Waals surface area contributed by atoms with Crippen LogP contribution >= 0.6 is 23.2 Å². The third kappa shape index (κ3) is 6.36. The minimum Gasteiger partial charge on any atom is -0.489 e. The molecule has 0 saturated carbocycles. The number of benzene rings is 3. The Morgan fingerprint density at radius 3 is 2.29 bits per heavy atom. The van der Waals surface area contributed by atoms with Gasteiger partial charge in [-0.3, -0.25) is 4.79 Å². The Balaban J connectivity index is 1.63. The van der Waals surface area contributed by atoms with E-state index in [1.54, 1.807) is 42.5 Å². The van der Waals surface area contributed by atoms with Gasteiger partial charge < -0.3 is 10.1 Å². The second kappa shape index (κ2) is 10.7. The highest BCUT2D eigenvalue weighted by atomic mass is 35.5. The summed E-state index contributed by atoms with van der Waals surface area (Å²) in [5.41, 5.74) is 3.46. The van der Waals surface area contributed by atoms with E-state index in [2.05, 4.69) is 12.2 Å². The number of anilines is 1. The van der Waals surface area contributed by atoms with Gasteiger partial charge in [-0.05, 0) is 65.6 Å². The van der Waals surface area contributed by atoms with Crippen LogP contribution in [-0.4, -0.2) is 5.91 Å². The highest BCUT2D eigenvalue weighted by Gasteiger charge is 2.10. The second-order valence-electron chi connectivity index (χ2n) is 6.78. The summed E-state index contributed by atoms with van der Waals surface area (Å²) in [7, 11) is 0. The first kappa shape index (κ1) is 22.4. The molecule has 0 fully saturated rings. The highest BCUT2D eigenvalue weighted by molar-refractivity contribution is 6.42. The lowest BCUT2D eigenvalue weighted by molar-refractivity contribution is -0.112. The Bertz CT molecular complexity index is 1130. The van der Waals surface area contributed by atoms with Crippen molar-refractivity contribution in [1.82, 2.24) is 0 Å². The summed E-state index contributed by atoms with van der Waals surface area (Å²) in [6.07, 6.45) is 2.46. The van der Waals surface area contributed by atoms with E-state index in [-0.39, 0.29) is 5.57 Å². The summed E-state index contributed by atoms with van der Waals surface area (Å²) in [5, 5.41) is 13.1. The number of rotatable bonds is 7. The molecule has 0 spiro atoms. The van der Waals surface area contributed by atoms with Gasteiger partial charge in [0.2, 0.25) is 0 Å². The molecule has 3 rings (SSSR count). The molecule has 31 heavy (non-hydrogen) atoms. The van der Waals surface area contributed by atoms with Gasteiger partial charge >= 0.3 is 0 Å². The fraction of sp³-hybridized carbons (Fsp3) is 0.120. The quantitative estimate of drug-likeness (QED) is 0.322. The number of nitrogens with zero attached hydrogens (tertiary/aromatic N) is 1. The predicted molar refractivity (Wildman–Crippen MR) is 125 cm³/mol. The number of carbonyl (C=O) groups excluding carboxylic acids is 1. The van der Waals surface area contributed by atoms with Gasteiger partial charge in [0, 0.05) is 5.69 Å². The topological polar surface area (TPSA) is 62.1 Å². The van der Waals surface area contributed by atoms with Crippen LogP contribution in [0, 0.1) is 11.3 Å². The van der Waals surface area contributed by atoms with Crippen molar-refractivity contribution in [3.05, 3.63) is 99.0 Å². The first-order valence-corrected chi connectivity index (χ1v) is 10.4. The zero-order valence-corrected chi connectivity index (χ0v) is 18.4. The van der Waals surface area contributed by atoms with Crippen LogP contribution in [0.5, 0.6) is 5.75 Å². The summed E-state index contributed by atoms with van der Waals surface area (Å²) in [6, 6.07) is 22.0. The van der Waals surface area contributed by atoms with Crippen LogP contribution in [-0.2, 0) is 17.8 Å². The molecule has 0 atom stereocenters. The van der Waals surface area contributed by atoms with Crippen molar-refractivity contribution < 1.29 is 9.53 Å². The first-order chi connectivity index (χ1) is 15.0. The molecule has 0 saturated heterocycles. The SMILES string of the molecule is CCc1ccc(NC(=O)/C(C#N)=C/c2ccc(OCc3ccc(Cl)c(Cl)c3)cc2)cc1. The first-order valence-electron chi connectivity index (χ1n) is 9.67. The van der Waals surface area contributed by atoms with E-state index in [9.17, 15) is 10.1 Å². The predicted octanol–water partition coefficient (Wildman–Crippen LogP) is 6.68. The van der Waals surface area contributed by atoms with Gasteiger partial charge in [-0.2, -0.15) is 5.26 Å². The lowest BCUT2D eigenvalue weighted by atomic mass is 10.1. The molecular formula is C25H20Cl2N2O2. The third-order valence-corrected chi connectivity index (χ3v) is 5.30. The van der Waals surface area contributed by atoms with Gasteiger partial charge in [-0.1, -0.05) is 60.5 Å². The maximum atomic E-state index is 12.4. The molecule has 0 unspecified atom stereocenters. The zero-order valence-electron chi connectivity index (χ0n) is 16.9. The van der Waals surface area contributed by atoms with Crippen molar-refractivity contribution in [3.8, 4) is 11.8 Å². The molecule has 1 amide bonds. The Labute approximate surface area is 191 Å². The molecule has 3 aromatic carbocycles. The molecule has 0 aromatic heterocycles. The van der Waals surface area contributed by atoms with Crippen LogP contribution in [0.4, 0.5) is 5.69 Å². The fourth-order valence-corrected chi connectivity index (χ4v) is 3.11. The zero-order chi connectivity index (χ0) is 22.2. The molecule has 156 valence electrons. The molecular weight excluding hydrogens is 431 g/mol. The molecule has 0 aliphatic heterocycles. The van der Waals surface area contributed by atoms with Crippen molar-refractivity contribution in [2.45, 2.75) is 20.0 Å². The summed E-state index contributed by atoms with van der Waals surface area (Å²) in [4.78, 5) is 12.4. The number of hydrogen-bond donors (Lipinski definition) is 1. The largest absolute Gasteiger partial charge is 0.489 e. The average Bonchev–Trinajstić information content (AvgIpc) is 2.79. The van der Waals surface area contributed by atoms with Crippen LogP contribution in [0.15, 0.2) is 72.3 Å². The summed E-state index contributed by atoms with van der Waals surface area (Å²) in [5.74, 6) is 0.203. The van der Waals surface area contributed by atoms with Crippen LogP contribution in [0.3, 0.4) is 0 Å². The maximum Gasteiger partial charge on any atom is 0.266 e. The highest BCUT2D eigenvalue weighted by Crippen LogP contribution is 2.24. The van der Waals surface area contributed by atoms with Crippen LogP contribution < -0.4 is 10.1 Å². The molecule has 0 aliphatic rings. The molecule has 6 heteroatoms.